The molecule has 2 rings (SSSR count). The number of ether oxygens (including phenoxy) is 1. The Morgan fingerprint density at radius 3 is 2.76 bits per heavy atom. The van der Waals surface area contributed by atoms with Crippen molar-refractivity contribution in [2.24, 2.45) is 5.92 Å². The van der Waals surface area contributed by atoms with Crippen LogP contribution in [0.4, 0.5) is 0 Å². The molecule has 2 aliphatic rings. The maximum absolute atomic E-state index is 12.1. The number of amides is 1. The standard InChI is InChI=1S/C12H22N2O2.ClH/c1-9-3-5-14(10(9)2)12(15)7-11-8-16-6-4-13-11;/h9-11,13H,3-8H2,1-2H3;1H. The number of morpholine rings is 1. The number of hydrogen-bond acceptors (Lipinski definition) is 3. The molecule has 0 spiro atoms. The molecule has 1 N–H and O–H groups in total. The Balaban J connectivity index is 0.00000144. The van der Waals surface area contributed by atoms with Crippen LogP contribution in [0.3, 0.4) is 0 Å². The molecule has 0 saturated carbocycles. The molecule has 100 valence electrons. The molecule has 17 heavy (non-hydrogen) atoms. The molecule has 4 nitrogen and oxygen atoms in total. The highest BCUT2D eigenvalue weighted by Crippen LogP contribution is 2.24. The Kier molecular flexibility index (Phi) is 5.70. The first kappa shape index (κ1) is 14.7. The Morgan fingerprint density at radius 1 is 1.47 bits per heavy atom. The lowest BCUT2D eigenvalue weighted by Gasteiger charge is -2.28. The largest absolute Gasteiger partial charge is 0.378 e. The first-order valence-corrected chi connectivity index (χ1v) is 6.29. The summed E-state index contributed by atoms with van der Waals surface area (Å²) < 4.78 is 5.36. The van der Waals surface area contributed by atoms with Gasteiger partial charge in [-0.15, -0.1) is 12.4 Å². The van der Waals surface area contributed by atoms with E-state index >= 15 is 0 Å². The zero-order valence-corrected chi connectivity index (χ0v) is 11.5. The van der Waals surface area contributed by atoms with Crippen LogP contribution in [0.2, 0.25) is 0 Å². The van der Waals surface area contributed by atoms with Crippen LogP contribution < -0.4 is 5.32 Å². The number of halogens is 1. The molecule has 2 heterocycles. The summed E-state index contributed by atoms with van der Waals surface area (Å²) in [5, 5.41) is 3.33. The van der Waals surface area contributed by atoms with Crippen molar-refractivity contribution in [3.8, 4) is 0 Å². The van der Waals surface area contributed by atoms with Gasteiger partial charge in [0.2, 0.25) is 5.91 Å². The normalized spacial score (nSPS) is 33.3. The van der Waals surface area contributed by atoms with Crippen LogP contribution in [0.5, 0.6) is 0 Å². The maximum atomic E-state index is 12.1. The third-order valence-electron chi connectivity index (χ3n) is 3.88. The van der Waals surface area contributed by atoms with E-state index in [-0.39, 0.29) is 24.4 Å². The van der Waals surface area contributed by atoms with Crippen LogP contribution in [0.1, 0.15) is 26.7 Å². The van der Waals surface area contributed by atoms with Gasteiger partial charge in [0, 0.05) is 31.6 Å². The number of carbonyl (C=O) groups is 1. The fourth-order valence-electron chi connectivity index (χ4n) is 2.53. The topological polar surface area (TPSA) is 41.6 Å². The fourth-order valence-corrected chi connectivity index (χ4v) is 2.53. The van der Waals surface area contributed by atoms with E-state index in [0.29, 0.717) is 25.0 Å². The molecule has 0 radical (unpaired) electrons. The molecule has 2 aliphatic heterocycles. The van der Waals surface area contributed by atoms with Crippen molar-refractivity contribution in [1.82, 2.24) is 10.2 Å². The molecule has 0 aromatic rings. The molecule has 0 aromatic heterocycles. The van der Waals surface area contributed by atoms with Crippen LogP contribution in [-0.4, -0.2) is 49.2 Å². The highest BCUT2D eigenvalue weighted by Gasteiger charge is 2.31. The van der Waals surface area contributed by atoms with Gasteiger partial charge >= 0.3 is 0 Å². The van der Waals surface area contributed by atoms with Crippen molar-refractivity contribution in [2.75, 3.05) is 26.3 Å². The van der Waals surface area contributed by atoms with Crippen LogP contribution in [0.15, 0.2) is 0 Å². The minimum atomic E-state index is 0. The zero-order chi connectivity index (χ0) is 11.5. The monoisotopic (exact) mass is 262 g/mol. The minimum absolute atomic E-state index is 0. The Morgan fingerprint density at radius 2 is 2.24 bits per heavy atom. The highest BCUT2D eigenvalue weighted by atomic mass is 35.5. The Bertz CT molecular complexity index is 257. The number of nitrogens with zero attached hydrogens (tertiary/aromatic N) is 1. The third kappa shape index (κ3) is 3.57. The van der Waals surface area contributed by atoms with E-state index in [1.165, 1.54) is 0 Å². The summed E-state index contributed by atoms with van der Waals surface area (Å²) in [4.78, 5) is 14.1. The summed E-state index contributed by atoms with van der Waals surface area (Å²) in [6.45, 7) is 7.60. The number of nitrogens with one attached hydrogen (secondary N) is 1. The van der Waals surface area contributed by atoms with Gasteiger partial charge in [-0.25, -0.2) is 0 Å². The first-order chi connectivity index (χ1) is 7.68. The van der Waals surface area contributed by atoms with Crippen LogP contribution in [-0.2, 0) is 9.53 Å². The van der Waals surface area contributed by atoms with Gasteiger partial charge in [-0.05, 0) is 19.3 Å². The number of rotatable bonds is 2. The van der Waals surface area contributed by atoms with E-state index in [1.807, 2.05) is 4.90 Å². The highest BCUT2D eigenvalue weighted by molar-refractivity contribution is 5.85. The summed E-state index contributed by atoms with van der Waals surface area (Å²) in [5.74, 6) is 0.916. The Labute approximate surface area is 109 Å². The quantitative estimate of drug-likeness (QED) is 0.809. The van der Waals surface area contributed by atoms with Crippen molar-refractivity contribution in [2.45, 2.75) is 38.8 Å². The van der Waals surface area contributed by atoms with E-state index < -0.39 is 0 Å². The van der Waals surface area contributed by atoms with Crippen molar-refractivity contribution >= 4 is 18.3 Å². The van der Waals surface area contributed by atoms with E-state index in [4.69, 9.17) is 4.74 Å². The summed E-state index contributed by atoms with van der Waals surface area (Å²) in [7, 11) is 0. The molecule has 5 heteroatoms. The van der Waals surface area contributed by atoms with Crippen molar-refractivity contribution in [3.63, 3.8) is 0 Å². The molecule has 0 aromatic carbocycles. The molecular weight excluding hydrogens is 240 g/mol. The van der Waals surface area contributed by atoms with E-state index in [0.717, 1.165) is 26.1 Å². The van der Waals surface area contributed by atoms with Crippen LogP contribution in [0.25, 0.3) is 0 Å². The fraction of sp³-hybridized carbons (Fsp3) is 0.917. The molecule has 2 saturated heterocycles. The smallest absolute Gasteiger partial charge is 0.224 e. The lowest BCUT2D eigenvalue weighted by atomic mass is 10.0. The van der Waals surface area contributed by atoms with Gasteiger partial charge in [0.1, 0.15) is 0 Å². The first-order valence-electron chi connectivity index (χ1n) is 6.29. The SMILES string of the molecule is CC1CCN(C(=O)CC2COCCN2)C1C.Cl. The van der Waals surface area contributed by atoms with Crippen LogP contribution in [0, 0.1) is 5.92 Å². The number of hydrogen-bond donors (Lipinski definition) is 1. The van der Waals surface area contributed by atoms with Gasteiger partial charge in [0.15, 0.2) is 0 Å². The second kappa shape index (κ2) is 6.57. The number of likely N-dealkylation sites (tertiary alicyclic amines) is 1. The second-order valence-electron chi connectivity index (χ2n) is 5.02. The average molecular weight is 263 g/mol. The molecule has 2 fully saturated rings. The third-order valence-corrected chi connectivity index (χ3v) is 3.88. The van der Waals surface area contributed by atoms with Crippen molar-refractivity contribution in [3.05, 3.63) is 0 Å². The Hall–Kier alpha value is -0.320. The van der Waals surface area contributed by atoms with Gasteiger partial charge in [-0.2, -0.15) is 0 Å². The molecule has 3 atom stereocenters. The summed E-state index contributed by atoms with van der Waals surface area (Å²) in [6.07, 6.45) is 1.72. The van der Waals surface area contributed by atoms with E-state index in [9.17, 15) is 4.79 Å². The van der Waals surface area contributed by atoms with Gasteiger partial charge in [0.05, 0.1) is 13.2 Å². The molecule has 0 aliphatic carbocycles. The van der Waals surface area contributed by atoms with E-state index in [1.54, 1.807) is 0 Å². The summed E-state index contributed by atoms with van der Waals surface area (Å²) >= 11 is 0. The molecular formula is C12H23ClN2O2. The predicted octanol–water partition coefficient (Wildman–Crippen LogP) is 1.04. The molecule has 3 unspecified atom stereocenters. The zero-order valence-electron chi connectivity index (χ0n) is 10.6. The summed E-state index contributed by atoms with van der Waals surface area (Å²) in [6, 6.07) is 0.612. The second-order valence-corrected chi connectivity index (χ2v) is 5.02. The lowest BCUT2D eigenvalue weighted by molar-refractivity contribution is -0.133. The average Bonchev–Trinajstić information content (AvgIpc) is 2.61. The maximum Gasteiger partial charge on any atom is 0.224 e. The van der Waals surface area contributed by atoms with Crippen LogP contribution >= 0.6 is 12.4 Å². The van der Waals surface area contributed by atoms with Gasteiger partial charge in [0.25, 0.3) is 0 Å². The molecule has 0 bridgehead atoms. The van der Waals surface area contributed by atoms with Crippen molar-refractivity contribution in [1.29, 1.82) is 0 Å². The van der Waals surface area contributed by atoms with Gasteiger partial charge < -0.3 is 15.0 Å². The predicted molar refractivity (Wildman–Crippen MR) is 69.4 cm³/mol. The van der Waals surface area contributed by atoms with E-state index in [2.05, 4.69) is 19.2 Å². The van der Waals surface area contributed by atoms with Crippen molar-refractivity contribution < 1.29 is 9.53 Å². The van der Waals surface area contributed by atoms with Gasteiger partial charge in [-0.3, -0.25) is 4.79 Å². The summed E-state index contributed by atoms with van der Waals surface area (Å²) in [5.41, 5.74) is 0. The number of carbonyl (C=O) groups excluding carboxylic acids is 1. The minimum Gasteiger partial charge on any atom is -0.378 e. The van der Waals surface area contributed by atoms with Gasteiger partial charge in [-0.1, -0.05) is 6.92 Å². The lowest BCUT2D eigenvalue weighted by Crippen LogP contribution is -2.46. The molecule has 1 amide bonds.